The molecule has 1 heterocycles. The predicted molar refractivity (Wildman–Crippen MR) is 115 cm³/mol. The van der Waals surface area contributed by atoms with Gasteiger partial charge in [0.25, 0.3) is 5.91 Å². The Kier molecular flexibility index (Phi) is 5.24. The smallest absolute Gasteiger partial charge is 0.258 e. The molecular formula is C25H34N2O3. The number of rotatable bonds is 5. The number of likely N-dealkylation sites (tertiary alicyclic amines) is 1. The first-order valence-electron chi connectivity index (χ1n) is 11.8. The fraction of sp³-hybridized carbons (Fsp3) is 0.680. The van der Waals surface area contributed by atoms with Crippen molar-refractivity contribution in [2.75, 3.05) is 19.7 Å². The summed E-state index contributed by atoms with van der Waals surface area (Å²) in [5.74, 6) is 3.45. The lowest BCUT2D eigenvalue weighted by Gasteiger charge is -2.57. The van der Waals surface area contributed by atoms with Crippen LogP contribution >= 0.6 is 0 Å². The van der Waals surface area contributed by atoms with Gasteiger partial charge in [0.15, 0.2) is 6.61 Å². The predicted octanol–water partition coefficient (Wildman–Crippen LogP) is 3.70. The molecule has 0 unspecified atom stereocenters. The van der Waals surface area contributed by atoms with Crippen molar-refractivity contribution in [3.8, 4) is 5.75 Å². The van der Waals surface area contributed by atoms with Crippen LogP contribution < -0.4 is 10.1 Å². The Bertz CT molecular complexity index is 760. The van der Waals surface area contributed by atoms with E-state index >= 15 is 0 Å². The van der Waals surface area contributed by atoms with Crippen LogP contribution in [0.1, 0.15) is 56.9 Å². The van der Waals surface area contributed by atoms with Crippen molar-refractivity contribution in [1.82, 2.24) is 10.2 Å². The third-order valence-electron chi connectivity index (χ3n) is 8.03. The van der Waals surface area contributed by atoms with E-state index in [0.717, 1.165) is 62.9 Å². The van der Waals surface area contributed by atoms with E-state index in [4.69, 9.17) is 4.74 Å². The summed E-state index contributed by atoms with van der Waals surface area (Å²) >= 11 is 0. The van der Waals surface area contributed by atoms with E-state index in [1.54, 1.807) is 0 Å². The summed E-state index contributed by atoms with van der Waals surface area (Å²) in [5, 5.41) is 3.09. The number of nitrogens with one attached hydrogen (secondary N) is 1. The first kappa shape index (κ1) is 19.9. The molecule has 0 radical (unpaired) electrons. The summed E-state index contributed by atoms with van der Waals surface area (Å²) in [6, 6.07) is 7.86. The van der Waals surface area contributed by atoms with Crippen molar-refractivity contribution in [1.29, 1.82) is 0 Å². The lowest BCUT2D eigenvalue weighted by molar-refractivity contribution is -0.158. The van der Waals surface area contributed by atoms with Gasteiger partial charge in [-0.3, -0.25) is 9.59 Å². The molecule has 30 heavy (non-hydrogen) atoms. The number of benzene rings is 1. The number of amides is 2. The maximum absolute atomic E-state index is 13.5. The van der Waals surface area contributed by atoms with Crippen molar-refractivity contribution in [3.63, 3.8) is 0 Å². The summed E-state index contributed by atoms with van der Waals surface area (Å²) in [7, 11) is 0. The quantitative estimate of drug-likeness (QED) is 0.805. The average molecular weight is 411 g/mol. The molecular weight excluding hydrogens is 376 g/mol. The van der Waals surface area contributed by atoms with Crippen LogP contribution in [0.2, 0.25) is 0 Å². The van der Waals surface area contributed by atoms with Crippen LogP contribution in [-0.2, 0) is 9.59 Å². The molecule has 5 aliphatic rings. The molecule has 1 aromatic rings. The molecule has 162 valence electrons. The molecule has 5 heteroatoms. The Balaban J connectivity index is 1.09. The minimum Gasteiger partial charge on any atom is -0.484 e. The van der Waals surface area contributed by atoms with Crippen molar-refractivity contribution >= 4 is 11.8 Å². The Labute approximate surface area is 179 Å². The van der Waals surface area contributed by atoms with Crippen LogP contribution in [0.4, 0.5) is 0 Å². The zero-order chi connectivity index (χ0) is 20.7. The average Bonchev–Trinajstić information content (AvgIpc) is 2.72. The molecule has 5 nitrogen and oxygen atoms in total. The Morgan fingerprint density at radius 2 is 1.57 bits per heavy atom. The molecule has 2 amide bonds. The molecule has 5 fully saturated rings. The van der Waals surface area contributed by atoms with Gasteiger partial charge >= 0.3 is 0 Å². The SMILES string of the molecule is Cc1ccc(OCC(=O)NC2CCN(C(=O)C34CC5CC(CC(C5)C3)C4)CC2)cc1. The number of carbonyl (C=O) groups excluding carboxylic acids is 2. The molecule has 0 spiro atoms. The molecule has 4 saturated carbocycles. The van der Waals surface area contributed by atoms with Gasteiger partial charge in [-0.2, -0.15) is 0 Å². The first-order valence-corrected chi connectivity index (χ1v) is 11.8. The van der Waals surface area contributed by atoms with Crippen molar-refractivity contribution in [3.05, 3.63) is 29.8 Å². The summed E-state index contributed by atoms with van der Waals surface area (Å²) in [5.41, 5.74) is 1.12. The van der Waals surface area contributed by atoms with Gasteiger partial charge in [-0.15, -0.1) is 0 Å². The summed E-state index contributed by atoms with van der Waals surface area (Å²) in [6.45, 7) is 3.60. The Morgan fingerprint density at radius 3 is 2.13 bits per heavy atom. The molecule has 0 aromatic heterocycles. The topological polar surface area (TPSA) is 58.6 Å². The van der Waals surface area contributed by atoms with Crippen LogP contribution in [0, 0.1) is 30.1 Å². The van der Waals surface area contributed by atoms with Gasteiger partial charge in [0, 0.05) is 19.1 Å². The van der Waals surface area contributed by atoms with Crippen molar-refractivity contribution in [2.45, 2.75) is 64.3 Å². The molecule has 1 saturated heterocycles. The minimum absolute atomic E-state index is 0.0372. The number of nitrogens with zero attached hydrogens (tertiary/aromatic N) is 1. The van der Waals surface area contributed by atoms with Gasteiger partial charge in [0.2, 0.25) is 5.91 Å². The minimum atomic E-state index is -0.0820. The van der Waals surface area contributed by atoms with Crippen LogP contribution in [0.3, 0.4) is 0 Å². The Hall–Kier alpha value is -2.04. The number of hydrogen-bond acceptors (Lipinski definition) is 3. The molecule has 4 aliphatic carbocycles. The highest BCUT2D eigenvalue weighted by molar-refractivity contribution is 5.83. The van der Waals surface area contributed by atoms with E-state index < -0.39 is 0 Å². The van der Waals surface area contributed by atoms with E-state index in [0.29, 0.717) is 11.7 Å². The number of hydrogen-bond donors (Lipinski definition) is 1. The highest BCUT2D eigenvalue weighted by Crippen LogP contribution is 2.60. The van der Waals surface area contributed by atoms with E-state index in [2.05, 4.69) is 10.2 Å². The van der Waals surface area contributed by atoms with Crippen molar-refractivity contribution < 1.29 is 14.3 Å². The first-order chi connectivity index (χ1) is 14.5. The normalized spacial score (nSPS) is 32.8. The molecule has 6 rings (SSSR count). The molecule has 1 aliphatic heterocycles. The van der Waals surface area contributed by atoms with Crippen LogP contribution in [0.25, 0.3) is 0 Å². The molecule has 4 bridgehead atoms. The van der Waals surface area contributed by atoms with Crippen molar-refractivity contribution in [2.24, 2.45) is 23.2 Å². The standard InChI is InChI=1S/C25H34N2O3/c1-17-2-4-22(5-3-17)30-16-23(28)26-21-6-8-27(9-7-21)24(29)25-13-18-10-19(14-25)12-20(11-18)15-25/h2-5,18-21H,6-16H2,1H3,(H,26,28). The lowest BCUT2D eigenvalue weighted by atomic mass is 9.49. The second kappa shape index (κ2) is 7.90. The van der Waals surface area contributed by atoms with Gasteiger partial charge in [0.05, 0.1) is 5.41 Å². The van der Waals surface area contributed by atoms with Crippen LogP contribution in [0.5, 0.6) is 5.75 Å². The summed E-state index contributed by atoms with van der Waals surface area (Å²) < 4.78 is 5.58. The zero-order valence-corrected chi connectivity index (χ0v) is 18.1. The van der Waals surface area contributed by atoms with Gasteiger partial charge < -0.3 is 15.0 Å². The fourth-order valence-corrected chi connectivity index (χ4v) is 6.99. The number of aryl methyl sites for hydroxylation is 1. The van der Waals surface area contributed by atoms with E-state index in [1.165, 1.54) is 24.8 Å². The van der Waals surface area contributed by atoms with Gasteiger partial charge in [-0.05, 0) is 88.2 Å². The fourth-order valence-electron chi connectivity index (χ4n) is 6.99. The van der Waals surface area contributed by atoms with Gasteiger partial charge in [-0.1, -0.05) is 17.7 Å². The van der Waals surface area contributed by atoms with Crippen LogP contribution in [0.15, 0.2) is 24.3 Å². The number of ether oxygens (including phenoxy) is 1. The molecule has 1 aromatic carbocycles. The molecule has 1 N–H and O–H groups in total. The maximum Gasteiger partial charge on any atom is 0.258 e. The largest absolute Gasteiger partial charge is 0.484 e. The lowest BCUT2D eigenvalue weighted by Crippen LogP contribution is -2.57. The van der Waals surface area contributed by atoms with E-state index in [9.17, 15) is 9.59 Å². The van der Waals surface area contributed by atoms with E-state index in [1.807, 2.05) is 31.2 Å². The van der Waals surface area contributed by atoms with Gasteiger partial charge in [0.1, 0.15) is 5.75 Å². The third-order valence-corrected chi connectivity index (χ3v) is 8.03. The number of piperidine rings is 1. The summed E-state index contributed by atoms with van der Waals surface area (Å²) in [4.78, 5) is 27.9. The second-order valence-corrected chi connectivity index (χ2v) is 10.4. The van der Waals surface area contributed by atoms with E-state index in [-0.39, 0.29) is 24.0 Å². The molecule has 0 atom stereocenters. The van der Waals surface area contributed by atoms with Gasteiger partial charge in [-0.25, -0.2) is 0 Å². The summed E-state index contributed by atoms with van der Waals surface area (Å²) in [6.07, 6.45) is 9.17. The highest BCUT2D eigenvalue weighted by atomic mass is 16.5. The highest BCUT2D eigenvalue weighted by Gasteiger charge is 2.55. The second-order valence-electron chi connectivity index (χ2n) is 10.4. The number of carbonyl (C=O) groups is 2. The zero-order valence-electron chi connectivity index (χ0n) is 18.1. The Morgan fingerprint density at radius 1 is 1.00 bits per heavy atom. The maximum atomic E-state index is 13.5. The van der Waals surface area contributed by atoms with Crippen LogP contribution in [-0.4, -0.2) is 42.5 Å². The third kappa shape index (κ3) is 3.95. The monoisotopic (exact) mass is 410 g/mol.